The third-order valence-electron chi connectivity index (χ3n) is 9.58. The molecule has 0 spiro atoms. The van der Waals surface area contributed by atoms with Crippen molar-refractivity contribution in [1.29, 1.82) is 0 Å². The molecular formula is C39H54ClN3O3S. The molecule has 1 saturated carbocycles. The fraction of sp³-hybridized carbons (Fsp3) is 0.564. The predicted molar refractivity (Wildman–Crippen MR) is 196 cm³/mol. The molecule has 0 radical (unpaired) electrons. The van der Waals surface area contributed by atoms with Crippen molar-refractivity contribution in [1.82, 2.24) is 14.5 Å². The standard InChI is InChI=1S/C39H54ClN3O3S/c1-7-8-12-30(13-9-10-24-42(4)5)36-21-17-33(36)26-43(6)27-39(23-11-14-32-25-34(40)18-22-37(32)39)28-46-35-19-15-31(16-20-35)38(44)41-47(45)29(2)3/h8,12,15-16,18-20,22,25,29-30,33,36H,7,10-11,14,17,21,23-24,26-28H2,1-6H3,(H,41,44)/b12-8+/t30?,33?,36?,39-,47?/m0/s1. The van der Waals surface area contributed by atoms with E-state index in [-0.39, 0.29) is 16.6 Å². The molecule has 0 saturated heterocycles. The molecule has 1 N–H and O–H groups in total. The summed E-state index contributed by atoms with van der Waals surface area (Å²) in [6.45, 7) is 9.26. The largest absolute Gasteiger partial charge is 0.493 e. The van der Waals surface area contributed by atoms with Crippen molar-refractivity contribution in [2.45, 2.75) is 76.4 Å². The Morgan fingerprint density at radius 2 is 1.94 bits per heavy atom. The predicted octanol–water partition coefficient (Wildman–Crippen LogP) is 7.29. The average molecular weight is 680 g/mol. The summed E-state index contributed by atoms with van der Waals surface area (Å²) in [6, 6.07) is 13.5. The highest BCUT2D eigenvalue weighted by Crippen LogP contribution is 2.43. The first-order valence-corrected chi connectivity index (χ1v) is 18.8. The molecule has 2 aromatic rings. The fourth-order valence-electron chi connectivity index (χ4n) is 6.92. The van der Waals surface area contributed by atoms with Gasteiger partial charge in [-0.2, -0.15) is 0 Å². The lowest BCUT2D eigenvalue weighted by Crippen LogP contribution is -2.48. The van der Waals surface area contributed by atoms with Crippen molar-refractivity contribution < 1.29 is 13.7 Å². The quantitative estimate of drug-likeness (QED) is 0.158. The van der Waals surface area contributed by atoms with Gasteiger partial charge in [0.2, 0.25) is 0 Å². The summed E-state index contributed by atoms with van der Waals surface area (Å²) < 4.78 is 21.2. The molecule has 1 fully saturated rings. The number of carbonyl (C=O) groups excluding carboxylic acids is 1. The van der Waals surface area contributed by atoms with Crippen molar-refractivity contribution >= 4 is 28.5 Å². The van der Waals surface area contributed by atoms with Crippen LogP contribution in [0, 0.1) is 29.6 Å². The Labute approximate surface area is 291 Å². The molecule has 6 nitrogen and oxygen atoms in total. The summed E-state index contributed by atoms with van der Waals surface area (Å²) in [4.78, 5) is 17.3. The van der Waals surface area contributed by atoms with Crippen molar-refractivity contribution in [3.05, 3.63) is 76.3 Å². The number of aryl methyl sites for hydroxylation is 1. The molecule has 2 aromatic carbocycles. The second kappa shape index (κ2) is 17.7. The van der Waals surface area contributed by atoms with Crippen molar-refractivity contribution in [3.8, 4) is 17.6 Å². The molecule has 2 aliphatic carbocycles. The third kappa shape index (κ3) is 10.4. The van der Waals surface area contributed by atoms with E-state index in [2.05, 4.69) is 78.7 Å². The maximum atomic E-state index is 12.6. The monoisotopic (exact) mass is 679 g/mol. The minimum atomic E-state index is -1.42. The molecule has 0 heterocycles. The molecular weight excluding hydrogens is 626 g/mol. The Balaban J connectivity index is 1.48. The normalized spacial score (nSPS) is 22.0. The molecule has 4 unspecified atom stereocenters. The van der Waals surface area contributed by atoms with Crippen LogP contribution in [-0.4, -0.2) is 72.6 Å². The van der Waals surface area contributed by atoms with Gasteiger partial charge in [-0.1, -0.05) is 42.7 Å². The Morgan fingerprint density at radius 1 is 1.17 bits per heavy atom. The van der Waals surface area contributed by atoms with Gasteiger partial charge in [0.25, 0.3) is 5.91 Å². The van der Waals surface area contributed by atoms with Gasteiger partial charge < -0.3 is 14.5 Å². The van der Waals surface area contributed by atoms with E-state index in [1.165, 1.54) is 24.0 Å². The zero-order valence-electron chi connectivity index (χ0n) is 29.2. The van der Waals surface area contributed by atoms with Gasteiger partial charge in [-0.3, -0.25) is 9.52 Å². The first-order chi connectivity index (χ1) is 22.5. The highest BCUT2D eigenvalue weighted by Gasteiger charge is 2.41. The van der Waals surface area contributed by atoms with Crippen LogP contribution in [0.1, 0.15) is 80.8 Å². The number of carbonyl (C=O) groups is 1. The number of nitrogens with zero attached hydrogens (tertiary/aromatic N) is 2. The average Bonchev–Trinajstić information content (AvgIpc) is 3.02. The maximum absolute atomic E-state index is 12.6. The zero-order valence-corrected chi connectivity index (χ0v) is 30.8. The third-order valence-corrected chi connectivity index (χ3v) is 11.1. The van der Waals surface area contributed by atoms with Crippen molar-refractivity contribution in [3.63, 3.8) is 0 Å². The van der Waals surface area contributed by atoms with E-state index in [9.17, 15) is 9.00 Å². The van der Waals surface area contributed by atoms with Crippen LogP contribution in [0.4, 0.5) is 0 Å². The van der Waals surface area contributed by atoms with E-state index >= 15 is 0 Å². The molecule has 0 aromatic heterocycles. The Morgan fingerprint density at radius 3 is 2.60 bits per heavy atom. The van der Waals surface area contributed by atoms with Crippen LogP contribution in [0.2, 0.25) is 5.02 Å². The van der Waals surface area contributed by atoms with E-state index < -0.39 is 11.0 Å². The molecule has 47 heavy (non-hydrogen) atoms. The number of allylic oxidation sites excluding steroid dienone is 2. The van der Waals surface area contributed by atoms with Crippen molar-refractivity contribution in [2.24, 2.45) is 17.8 Å². The molecule has 256 valence electrons. The van der Waals surface area contributed by atoms with Gasteiger partial charge in [-0.05, 0) is 133 Å². The summed E-state index contributed by atoms with van der Waals surface area (Å²) in [5.41, 5.74) is 2.91. The van der Waals surface area contributed by atoms with Crippen LogP contribution in [0.25, 0.3) is 0 Å². The molecule has 0 aliphatic heterocycles. The van der Waals surface area contributed by atoms with Crippen molar-refractivity contribution in [2.75, 3.05) is 47.4 Å². The smallest absolute Gasteiger partial charge is 0.262 e. The highest BCUT2D eigenvalue weighted by molar-refractivity contribution is 7.84. The van der Waals surface area contributed by atoms with Crippen LogP contribution >= 0.6 is 11.6 Å². The number of benzene rings is 2. The van der Waals surface area contributed by atoms with Gasteiger partial charge >= 0.3 is 0 Å². The highest BCUT2D eigenvalue weighted by atomic mass is 35.5. The second-order valence-electron chi connectivity index (χ2n) is 14.0. The number of hydrogen-bond donors (Lipinski definition) is 1. The van der Waals surface area contributed by atoms with E-state index in [4.69, 9.17) is 16.3 Å². The van der Waals surface area contributed by atoms with Crippen LogP contribution in [0.15, 0.2) is 54.6 Å². The minimum absolute atomic E-state index is 0.148. The van der Waals surface area contributed by atoms with Gasteiger partial charge in [-0.15, -0.1) is 5.92 Å². The molecule has 1 amide bonds. The summed E-state index contributed by atoms with van der Waals surface area (Å²) >= 11 is 6.46. The van der Waals surface area contributed by atoms with Crippen LogP contribution in [-0.2, 0) is 22.8 Å². The number of halogens is 1. The van der Waals surface area contributed by atoms with Gasteiger partial charge in [0.15, 0.2) is 0 Å². The Hall–Kier alpha value is -2.63. The zero-order chi connectivity index (χ0) is 34.0. The summed E-state index contributed by atoms with van der Waals surface area (Å²) in [5, 5.41) is 0.627. The lowest BCUT2D eigenvalue weighted by Gasteiger charge is -2.45. The molecule has 2 aliphatic rings. The summed E-state index contributed by atoms with van der Waals surface area (Å²) in [6.07, 6.45) is 12.2. The summed E-state index contributed by atoms with van der Waals surface area (Å²) in [5.74, 6) is 8.99. The first kappa shape index (κ1) is 37.2. The molecule has 4 rings (SSSR count). The van der Waals surface area contributed by atoms with E-state index in [1.54, 1.807) is 12.1 Å². The van der Waals surface area contributed by atoms with Gasteiger partial charge in [0.05, 0.1) is 6.61 Å². The van der Waals surface area contributed by atoms with Crippen LogP contribution < -0.4 is 9.46 Å². The molecule has 8 heteroatoms. The minimum Gasteiger partial charge on any atom is -0.493 e. The Kier molecular flexibility index (Phi) is 14.0. The van der Waals surface area contributed by atoms with E-state index in [0.29, 0.717) is 35.7 Å². The van der Waals surface area contributed by atoms with Gasteiger partial charge in [0.1, 0.15) is 16.7 Å². The van der Waals surface area contributed by atoms with Crippen LogP contribution in [0.5, 0.6) is 5.75 Å². The summed E-state index contributed by atoms with van der Waals surface area (Å²) in [7, 11) is 5.04. The van der Waals surface area contributed by atoms with E-state index in [0.717, 1.165) is 56.8 Å². The topological polar surface area (TPSA) is 61.9 Å². The Bertz CT molecular complexity index is 1450. The number of hydrogen-bond acceptors (Lipinski definition) is 5. The van der Waals surface area contributed by atoms with Gasteiger partial charge in [-0.25, -0.2) is 4.21 Å². The number of nitrogens with one attached hydrogen (secondary N) is 1. The van der Waals surface area contributed by atoms with E-state index in [1.807, 2.05) is 32.0 Å². The number of likely N-dealkylation sites (N-methyl/N-ethyl adjacent to an activating group) is 1. The number of amides is 1. The number of ether oxygens (including phenoxy) is 1. The maximum Gasteiger partial charge on any atom is 0.262 e. The first-order valence-electron chi connectivity index (χ1n) is 17.2. The SMILES string of the molecule is CC/C=C/C(C#CCCN(C)C)C1CCC1CN(C)C[C@]1(COc2ccc(C(=O)NS(=O)C(C)C)cc2)CCCc2cc(Cl)ccc21. The lowest BCUT2D eigenvalue weighted by molar-refractivity contribution is 0.0790. The molecule has 0 bridgehead atoms. The van der Waals surface area contributed by atoms with Crippen LogP contribution in [0.3, 0.4) is 0 Å². The number of rotatable bonds is 15. The number of fused-ring (bicyclic) bond motifs is 1. The second-order valence-corrected chi connectivity index (χ2v) is 16.1. The van der Waals surface area contributed by atoms with Gasteiger partial charge in [0, 0.05) is 53.2 Å². The molecule has 5 atom stereocenters. The fourth-order valence-corrected chi connectivity index (χ4v) is 7.65. The lowest BCUT2D eigenvalue weighted by atomic mass is 9.66.